The highest BCUT2D eigenvalue weighted by Crippen LogP contribution is 2.38. The zero-order valence-electron chi connectivity index (χ0n) is 12.8. The summed E-state index contributed by atoms with van der Waals surface area (Å²) in [5, 5.41) is 7.12. The molecular formula is C15H24N4O2. The van der Waals surface area contributed by atoms with Gasteiger partial charge in [0, 0.05) is 25.1 Å². The van der Waals surface area contributed by atoms with Crippen molar-refractivity contribution in [1.82, 2.24) is 20.0 Å². The molecule has 1 fully saturated rings. The van der Waals surface area contributed by atoms with Gasteiger partial charge in [-0.05, 0) is 32.0 Å². The average molecular weight is 292 g/mol. The highest BCUT2D eigenvalue weighted by molar-refractivity contribution is 5.75. The molecule has 1 aromatic heterocycles. The van der Waals surface area contributed by atoms with Crippen LogP contribution in [0.25, 0.3) is 0 Å². The summed E-state index contributed by atoms with van der Waals surface area (Å²) in [5.41, 5.74) is 0.698. The van der Waals surface area contributed by atoms with E-state index in [0.717, 1.165) is 38.2 Å². The third-order valence-corrected chi connectivity index (χ3v) is 3.82. The van der Waals surface area contributed by atoms with Crippen molar-refractivity contribution in [3.63, 3.8) is 0 Å². The van der Waals surface area contributed by atoms with Gasteiger partial charge >= 0.3 is 0 Å². The lowest BCUT2D eigenvalue weighted by molar-refractivity contribution is -0.121. The molecule has 0 unspecified atom stereocenters. The summed E-state index contributed by atoms with van der Waals surface area (Å²) in [6.07, 6.45) is 2.25. The molecule has 1 aliphatic rings. The van der Waals surface area contributed by atoms with Crippen LogP contribution in [0.3, 0.4) is 0 Å². The number of carbonyl (C=O) groups is 1. The van der Waals surface area contributed by atoms with Gasteiger partial charge in [0.25, 0.3) is 5.56 Å². The smallest absolute Gasteiger partial charge is 0.267 e. The maximum Gasteiger partial charge on any atom is 0.267 e. The molecule has 1 saturated carbocycles. The summed E-state index contributed by atoms with van der Waals surface area (Å²) in [4.78, 5) is 25.9. The molecule has 1 aliphatic carbocycles. The van der Waals surface area contributed by atoms with Crippen LogP contribution >= 0.6 is 0 Å². The molecule has 0 aromatic carbocycles. The number of likely N-dealkylation sites (N-methyl/N-ethyl adjacent to an activating group) is 1. The molecule has 0 spiro atoms. The third kappa shape index (κ3) is 4.67. The molecule has 6 nitrogen and oxygen atoms in total. The first-order valence-electron chi connectivity index (χ1n) is 7.71. The van der Waals surface area contributed by atoms with E-state index in [1.807, 2.05) is 0 Å². The average Bonchev–Trinajstić information content (AvgIpc) is 3.30. The second-order valence-corrected chi connectivity index (χ2v) is 5.41. The Kier molecular flexibility index (Phi) is 5.50. The van der Waals surface area contributed by atoms with Gasteiger partial charge in [0.1, 0.15) is 6.54 Å². The standard InChI is InChI=1S/C15H24N4O2/c1-3-18(4-2)10-9-16-14(20)11-19-15(21)8-7-13(17-19)12-5-6-12/h7-8,12H,3-6,9-11H2,1-2H3,(H,16,20). The van der Waals surface area contributed by atoms with E-state index in [-0.39, 0.29) is 18.0 Å². The fourth-order valence-corrected chi connectivity index (χ4v) is 2.26. The second-order valence-electron chi connectivity index (χ2n) is 5.41. The largest absolute Gasteiger partial charge is 0.353 e. The number of amides is 1. The van der Waals surface area contributed by atoms with Crippen LogP contribution in [-0.4, -0.2) is 46.8 Å². The van der Waals surface area contributed by atoms with Crippen LogP contribution in [0.5, 0.6) is 0 Å². The highest BCUT2D eigenvalue weighted by atomic mass is 16.2. The Morgan fingerprint density at radius 3 is 2.71 bits per heavy atom. The highest BCUT2D eigenvalue weighted by Gasteiger charge is 2.25. The normalized spacial score (nSPS) is 14.4. The Labute approximate surface area is 125 Å². The summed E-state index contributed by atoms with van der Waals surface area (Å²) in [6, 6.07) is 3.28. The summed E-state index contributed by atoms with van der Waals surface area (Å²) < 4.78 is 1.26. The quantitative estimate of drug-likeness (QED) is 0.761. The zero-order valence-corrected chi connectivity index (χ0v) is 12.8. The molecule has 0 atom stereocenters. The lowest BCUT2D eigenvalue weighted by atomic mass is 10.3. The van der Waals surface area contributed by atoms with Crippen molar-refractivity contribution in [2.75, 3.05) is 26.2 Å². The SMILES string of the molecule is CCN(CC)CCNC(=O)Cn1nc(C2CC2)ccc1=O. The molecule has 6 heteroatoms. The van der Waals surface area contributed by atoms with Gasteiger partial charge in [-0.2, -0.15) is 5.10 Å². The van der Waals surface area contributed by atoms with Crippen molar-refractivity contribution in [1.29, 1.82) is 0 Å². The first-order chi connectivity index (χ1) is 10.1. The summed E-state index contributed by atoms with van der Waals surface area (Å²) in [7, 11) is 0. The summed E-state index contributed by atoms with van der Waals surface area (Å²) in [6.45, 7) is 7.54. The number of hydrogen-bond acceptors (Lipinski definition) is 4. The fourth-order valence-electron chi connectivity index (χ4n) is 2.26. The minimum Gasteiger partial charge on any atom is -0.353 e. The van der Waals surface area contributed by atoms with E-state index < -0.39 is 0 Å². The summed E-state index contributed by atoms with van der Waals surface area (Å²) >= 11 is 0. The van der Waals surface area contributed by atoms with Gasteiger partial charge in [-0.25, -0.2) is 4.68 Å². The van der Waals surface area contributed by atoms with Crippen LogP contribution in [0, 0.1) is 0 Å². The number of nitrogens with one attached hydrogen (secondary N) is 1. The van der Waals surface area contributed by atoms with Gasteiger partial charge in [-0.3, -0.25) is 9.59 Å². The molecule has 0 saturated heterocycles. The van der Waals surface area contributed by atoms with E-state index in [0.29, 0.717) is 12.5 Å². The van der Waals surface area contributed by atoms with Crippen molar-refractivity contribution in [3.8, 4) is 0 Å². The van der Waals surface area contributed by atoms with Crippen LogP contribution in [0.4, 0.5) is 0 Å². The Morgan fingerprint density at radius 1 is 1.38 bits per heavy atom. The van der Waals surface area contributed by atoms with Crippen molar-refractivity contribution in [3.05, 3.63) is 28.2 Å². The Balaban J connectivity index is 1.84. The number of nitrogens with zero attached hydrogens (tertiary/aromatic N) is 3. The van der Waals surface area contributed by atoms with Crippen LogP contribution in [0.15, 0.2) is 16.9 Å². The van der Waals surface area contributed by atoms with E-state index in [4.69, 9.17) is 0 Å². The Bertz CT molecular complexity index is 533. The van der Waals surface area contributed by atoms with Crippen LogP contribution in [0.1, 0.15) is 38.3 Å². The lowest BCUT2D eigenvalue weighted by Gasteiger charge is -2.18. The van der Waals surface area contributed by atoms with E-state index >= 15 is 0 Å². The molecule has 1 amide bonds. The molecule has 1 N–H and O–H groups in total. The maximum absolute atomic E-state index is 11.9. The summed E-state index contributed by atoms with van der Waals surface area (Å²) in [5.74, 6) is 0.312. The van der Waals surface area contributed by atoms with E-state index in [2.05, 4.69) is 29.2 Å². The fraction of sp³-hybridized carbons (Fsp3) is 0.667. The molecule has 0 aliphatic heterocycles. The second kappa shape index (κ2) is 7.36. The third-order valence-electron chi connectivity index (χ3n) is 3.82. The first-order valence-corrected chi connectivity index (χ1v) is 7.71. The molecule has 2 rings (SSSR count). The predicted molar refractivity (Wildman–Crippen MR) is 81.3 cm³/mol. The minimum absolute atomic E-state index is 0.00234. The lowest BCUT2D eigenvalue weighted by Crippen LogP contribution is -2.38. The van der Waals surface area contributed by atoms with Gasteiger partial charge in [-0.1, -0.05) is 13.8 Å². The predicted octanol–water partition coefficient (Wildman–Crippen LogP) is 0.579. The van der Waals surface area contributed by atoms with E-state index in [1.54, 1.807) is 6.07 Å². The van der Waals surface area contributed by atoms with Gasteiger partial charge in [0.15, 0.2) is 0 Å². The Morgan fingerprint density at radius 2 is 2.10 bits per heavy atom. The maximum atomic E-state index is 11.9. The van der Waals surface area contributed by atoms with Crippen LogP contribution in [-0.2, 0) is 11.3 Å². The molecule has 116 valence electrons. The molecule has 0 bridgehead atoms. The van der Waals surface area contributed by atoms with Gasteiger partial charge in [0.2, 0.25) is 5.91 Å². The molecule has 21 heavy (non-hydrogen) atoms. The zero-order chi connectivity index (χ0) is 15.2. The molecule has 1 heterocycles. The number of rotatable bonds is 8. The molecule has 1 aromatic rings. The molecule has 0 radical (unpaired) electrons. The first kappa shape index (κ1) is 15.7. The number of hydrogen-bond donors (Lipinski definition) is 1. The van der Waals surface area contributed by atoms with Crippen molar-refractivity contribution < 1.29 is 4.79 Å². The number of aromatic nitrogens is 2. The Hall–Kier alpha value is -1.69. The minimum atomic E-state index is -0.224. The van der Waals surface area contributed by atoms with Gasteiger partial charge in [0.05, 0.1) is 5.69 Å². The topological polar surface area (TPSA) is 67.2 Å². The van der Waals surface area contributed by atoms with E-state index in [9.17, 15) is 9.59 Å². The van der Waals surface area contributed by atoms with E-state index in [1.165, 1.54) is 10.7 Å². The van der Waals surface area contributed by atoms with Gasteiger partial charge in [-0.15, -0.1) is 0 Å². The van der Waals surface area contributed by atoms with Gasteiger partial charge < -0.3 is 10.2 Å². The van der Waals surface area contributed by atoms with Crippen molar-refractivity contribution >= 4 is 5.91 Å². The number of carbonyl (C=O) groups excluding carboxylic acids is 1. The van der Waals surface area contributed by atoms with Crippen LogP contribution in [0.2, 0.25) is 0 Å². The van der Waals surface area contributed by atoms with Crippen molar-refractivity contribution in [2.24, 2.45) is 0 Å². The molecular weight excluding hydrogens is 268 g/mol. The van der Waals surface area contributed by atoms with Crippen molar-refractivity contribution in [2.45, 2.75) is 39.2 Å². The monoisotopic (exact) mass is 292 g/mol. The van der Waals surface area contributed by atoms with Crippen LogP contribution < -0.4 is 10.9 Å².